The second kappa shape index (κ2) is 7.32. The highest BCUT2D eigenvalue weighted by molar-refractivity contribution is 6.30. The average molecular weight is 317 g/mol. The number of aryl methyl sites for hydroxylation is 1. The van der Waals surface area contributed by atoms with Crippen LogP contribution in [0, 0.1) is 6.92 Å². The molecular weight excluding hydrogens is 296 g/mol. The molecule has 116 valence electrons. The highest BCUT2D eigenvalue weighted by atomic mass is 35.5. The number of halogens is 1. The van der Waals surface area contributed by atoms with Crippen molar-refractivity contribution in [3.63, 3.8) is 0 Å². The lowest BCUT2D eigenvalue weighted by atomic mass is 9.98. The first-order chi connectivity index (χ1) is 10.5. The van der Waals surface area contributed by atoms with Crippen LogP contribution in [0.4, 0.5) is 11.4 Å². The summed E-state index contributed by atoms with van der Waals surface area (Å²) in [5.74, 6) is 0.285. The van der Waals surface area contributed by atoms with Crippen molar-refractivity contribution in [3.05, 3.63) is 58.6 Å². The molecule has 0 radical (unpaired) electrons. The molecule has 0 aliphatic rings. The molecule has 0 aliphatic heterocycles. The van der Waals surface area contributed by atoms with E-state index in [0.29, 0.717) is 10.9 Å². The summed E-state index contributed by atoms with van der Waals surface area (Å²) < 4.78 is 0. The summed E-state index contributed by atoms with van der Waals surface area (Å²) in [5.41, 5.74) is 3.96. The lowest BCUT2D eigenvalue weighted by molar-refractivity contribution is -0.114. The van der Waals surface area contributed by atoms with Gasteiger partial charge in [-0.2, -0.15) is 0 Å². The zero-order valence-electron chi connectivity index (χ0n) is 13.1. The number of amides is 1. The van der Waals surface area contributed by atoms with Gasteiger partial charge in [0.15, 0.2) is 0 Å². The minimum atomic E-state index is -0.0730. The standard InChI is InChI=1S/C18H21ClN2O/c1-12(2)16-9-4-6-13(3)18(16)21-17(22)11-20-15-8-5-7-14(19)10-15/h4-10,12,20H,11H2,1-3H3,(H,21,22). The smallest absolute Gasteiger partial charge is 0.243 e. The lowest BCUT2D eigenvalue weighted by Gasteiger charge is -2.16. The third-order valence-electron chi connectivity index (χ3n) is 3.47. The molecule has 0 aromatic heterocycles. The molecule has 3 nitrogen and oxygen atoms in total. The zero-order valence-corrected chi connectivity index (χ0v) is 13.9. The molecule has 22 heavy (non-hydrogen) atoms. The highest BCUT2D eigenvalue weighted by Crippen LogP contribution is 2.27. The van der Waals surface area contributed by atoms with Crippen molar-refractivity contribution in [2.75, 3.05) is 17.2 Å². The molecule has 0 saturated heterocycles. The Kier molecular flexibility index (Phi) is 5.45. The van der Waals surface area contributed by atoms with Gasteiger partial charge in [-0.05, 0) is 42.2 Å². The third kappa shape index (κ3) is 4.25. The van der Waals surface area contributed by atoms with Crippen LogP contribution in [0.15, 0.2) is 42.5 Å². The minimum Gasteiger partial charge on any atom is -0.376 e. The first kappa shape index (κ1) is 16.4. The monoisotopic (exact) mass is 316 g/mol. The van der Waals surface area contributed by atoms with E-state index in [2.05, 4.69) is 30.5 Å². The van der Waals surface area contributed by atoms with Gasteiger partial charge in [0.25, 0.3) is 0 Å². The molecular formula is C18H21ClN2O. The molecule has 2 N–H and O–H groups in total. The van der Waals surface area contributed by atoms with Crippen LogP contribution < -0.4 is 10.6 Å². The van der Waals surface area contributed by atoms with Crippen LogP contribution in [0.5, 0.6) is 0 Å². The van der Waals surface area contributed by atoms with E-state index >= 15 is 0 Å². The molecule has 2 aromatic carbocycles. The number of nitrogens with one attached hydrogen (secondary N) is 2. The van der Waals surface area contributed by atoms with Crippen molar-refractivity contribution in [1.29, 1.82) is 0 Å². The Labute approximate surface area is 136 Å². The predicted molar refractivity (Wildman–Crippen MR) is 93.8 cm³/mol. The molecule has 2 rings (SSSR count). The fraction of sp³-hybridized carbons (Fsp3) is 0.278. The Morgan fingerprint density at radius 3 is 2.59 bits per heavy atom. The number of benzene rings is 2. The molecule has 0 bridgehead atoms. The minimum absolute atomic E-state index is 0.0730. The van der Waals surface area contributed by atoms with E-state index in [1.54, 1.807) is 12.1 Å². The van der Waals surface area contributed by atoms with Gasteiger partial charge in [0.05, 0.1) is 6.54 Å². The van der Waals surface area contributed by atoms with Gasteiger partial charge in [-0.1, -0.05) is 49.7 Å². The Balaban J connectivity index is 2.03. The van der Waals surface area contributed by atoms with E-state index < -0.39 is 0 Å². The second-order valence-electron chi connectivity index (χ2n) is 5.61. The molecule has 0 unspecified atom stereocenters. The summed E-state index contributed by atoms with van der Waals surface area (Å²) in [7, 11) is 0. The van der Waals surface area contributed by atoms with Crippen molar-refractivity contribution in [1.82, 2.24) is 0 Å². The lowest BCUT2D eigenvalue weighted by Crippen LogP contribution is -2.23. The number of para-hydroxylation sites is 1. The third-order valence-corrected chi connectivity index (χ3v) is 3.70. The maximum atomic E-state index is 12.2. The van der Waals surface area contributed by atoms with Gasteiger partial charge in [-0.25, -0.2) is 0 Å². The topological polar surface area (TPSA) is 41.1 Å². The van der Waals surface area contributed by atoms with Crippen LogP contribution in [0.1, 0.15) is 30.9 Å². The van der Waals surface area contributed by atoms with Gasteiger partial charge in [0.1, 0.15) is 0 Å². The zero-order chi connectivity index (χ0) is 16.1. The van der Waals surface area contributed by atoms with Gasteiger partial charge in [-0.15, -0.1) is 0 Å². The maximum Gasteiger partial charge on any atom is 0.243 e. The number of hydrogen-bond donors (Lipinski definition) is 2. The first-order valence-corrected chi connectivity index (χ1v) is 7.74. The van der Waals surface area contributed by atoms with Crippen LogP contribution in [0.25, 0.3) is 0 Å². The van der Waals surface area contributed by atoms with E-state index in [-0.39, 0.29) is 12.5 Å². The molecule has 0 fully saturated rings. The Bertz CT molecular complexity index is 668. The van der Waals surface area contributed by atoms with Crippen molar-refractivity contribution in [2.24, 2.45) is 0 Å². The molecule has 0 saturated carbocycles. The molecule has 1 amide bonds. The van der Waals surface area contributed by atoms with Crippen molar-refractivity contribution in [2.45, 2.75) is 26.7 Å². The summed E-state index contributed by atoms with van der Waals surface area (Å²) in [4.78, 5) is 12.2. The first-order valence-electron chi connectivity index (χ1n) is 7.36. The SMILES string of the molecule is Cc1cccc(C(C)C)c1NC(=O)CNc1cccc(Cl)c1. The van der Waals surface area contributed by atoms with Crippen molar-refractivity contribution >= 4 is 28.9 Å². The summed E-state index contributed by atoms with van der Waals surface area (Å²) in [5, 5.41) is 6.73. The summed E-state index contributed by atoms with van der Waals surface area (Å²) in [6, 6.07) is 13.4. The van der Waals surface area contributed by atoms with Crippen LogP contribution in [-0.2, 0) is 4.79 Å². The van der Waals surface area contributed by atoms with Crippen LogP contribution in [-0.4, -0.2) is 12.5 Å². The fourth-order valence-corrected chi connectivity index (χ4v) is 2.50. The predicted octanol–water partition coefficient (Wildman–Crippen LogP) is 4.82. The largest absolute Gasteiger partial charge is 0.376 e. The fourth-order valence-electron chi connectivity index (χ4n) is 2.31. The van der Waals surface area contributed by atoms with Gasteiger partial charge in [0, 0.05) is 16.4 Å². The van der Waals surface area contributed by atoms with Gasteiger partial charge < -0.3 is 10.6 Å². The quantitative estimate of drug-likeness (QED) is 0.830. The Hall–Kier alpha value is -2.00. The number of carbonyl (C=O) groups excluding carboxylic acids is 1. The van der Waals surface area contributed by atoms with E-state index in [1.807, 2.05) is 31.2 Å². The molecule has 0 aliphatic carbocycles. The van der Waals surface area contributed by atoms with Crippen LogP contribution in [0.2, 0.25) is 5.02 Å². The van der Waals surface area contributed by atoms with Gasteiger partial charge in [0.2, 0.25) is 5.91 Å². The van der Waals surface area contributed by atoms with Crippen LogP contribution in [0.3, 0.4) is 0 Å². The Morgan fingerprint density at radius 2 is 1.91 bits per heavy atom. The summed E-state index contributed by atoms with van der Waals surface area (Å²) in [6.07, 6.45) is 0. The van der Waals surface area contributed by atoms with E-state index in [1.165, 1.54) is 0 Å². The van der Waals surface area contributed by atoms with Gasteiger partial charge in [-0.3, -0.25) is 4.79 Å². The Morgan fingerprint density at radius 1 is 1.18 bits per heavy atom. The molecule has 0 atom stereocenters. The summed E-state index contributed by atoms with van der Waals surface area (Å²) >= 11 is 5.93. The van der Waals surface area contributed by atoms with E-state index in [4.69, 9.17) is 11.6 Å². The van der Waals surface area contributed by atoms with Crippen LogP contribution >= 0.6 is 11.6 Å². The number of carbonyl (C=O) groups is 1. The number of rotatable bonds is 5. The summed E-state index contributed by atoms with van der Waals surface area (Å²) in [6.45, 7) is 6.45. The number of anilines is 2. The highest BCUT2D eigenvalue weighted by Gasteiger charge is 2.11. The molecule has 2 aromatic rings. The van der Waals surface area contributed by atoms with E-state index in [0.717, 1.165) is 22.5 Å². The normalized spacial score (nSPS) is 10.6. The second-order valence-corrected chi connectivity index (χ2v) is 6.04. The molecule has 4 heteroatoms. The maximum absolute atomic E-state index is 12.2. The van der Waals surface area contributed by atoms with Gasteiger partial charge >= 0.3 is 0 Å². The van der Waals surface area contributed by atoms with Crippen molar-refractivity contribution < 1.29 is 4.79 Å². The van der Waals surface area contributed by atoms with Crippen molar-refractivity contribution in [3.8, 4) is 0 Å². The molecule has 0 spiro atoms. The molecule has 0 heterocycles. The number of hydrogen-bond acceptors (Lipinski definition) is 2. The average Bonchev–Trinajstić information content (AvgIpc) is 2.47. The van der Waals surface area contributed by atoms with E-state index in [9.17, 15) is 4.79 Å².